The molecule has 25 heavy (non-hydrogen) atoms. The molecule has 2 heterocycles. The van der Waals surface area contributed by atoms with E-state index in [0.29, 0.717) is 0 Å². The summed E-state index contributed by atoms with van der Waals surface area (Å²) in [6.07, 6.45) is 9.28. The zero-order chi connectivity index (χ0) is 17.9. The van der Waals surface area contributed by atoms with Crippen LogP contribution in [0.25, 0.3) is 5.65 Å². The molecule has 0 unspecified atom stereocenters. The third-order valence-corrected chi connectivity index (χ3v) is 4.25. The highest BCUT2D eigenvalue weighted by molar-refractivity contribution is 5.79. The van der Waals surface area contributed by atoms with E-state index in [2.05, 4.69) is 39.7 Å². The van der Waals surface area contributed by atoms with Crippen LogP contribution in [-0.2, 0) is 6.42 Å². The van der Waals surface area contributed by atoms with Gasteiger partial charge in [0.05, 0.1) is 0 Å². The summed E-state index contributed by atoms with van der Waals surface area (Å²) in [5.41, 5.74) is 0.887. The van der Waals surface area contributed by atoms with Crippen LogP contribution in [0.1, 0.15) is 51.8 Å². The van der Waals surface area contributed by atoms with Gasteiger partial charge in [-0.2, -0.15) is 0 Å². The van der Waals surface area contributed by atoms with Crippen molar-refractivity contribution in [2.75, 3.05) is 20.1 Å². The molecular formula is C19H32N6. The standard InChI is InChI=1S/C19H32N6/c1-16(2)10-6-4-5-8-13-21-19(20-3)22-14-12-18-24-23-17-11-7-9-15-25(17)18/h7,9,11,15-16H,4-6,8,10,12-14H2,1-3H3,(H2,20,21,22). The van der Waals surface area contributed by atoms with E-state index in [1.165, 1.54) is 32.1 Å². The average Bonchev–Trinajstić information content (AvgIpc) is 3.02. The van der Waals surface area contributed by atoms with E-state index in [1.54, 1.807) is 0 Å². The van der Waals surface area contributed by atoms with Gasteiger partial charge in [0.2, 0.25) is 0 Å². The average molecular weight is 345 g/mol. The Kier molecular flexibility index (Phi) is 8.22. The Labute approximate surface area is 151 Å². The fraction of sp³-hybridized carbons (Fsp3) is 0.632. The number of rotatable bonds is 10. The molecule has 6 nitrogen and oxygen atoms in total. The van der Waals surface area contributed by atoms with E-state index in [-0.39, 0.29) is 0 Å². The van der Waals surface area contributed by atoms with Gasteiger partial charge in [-0.1, -0.05) is 45.6 Å². The van der Waals surface area contributed by atoms with Gasteiger partial charge < -0.3 is 10.6 Å². The zero-order valence-corrected chi connectivity index (χ0v) is 15.8. The van der Waals surface area contributed by atoms with Crippen LogP contribution in [-0.4, -0.2) is 40.7 Å². The Hall–Kier alpha value is -2.11. The minimum absolute atomic E-state index is 0.781. The normalized spacial score (nSPS) is 12.1. The third kappa shape index (κ3) is 6.72. The van der Waals surface area contributed by atoms with Gasteiger partial charge in [-0.05, 0) is 24.5 Å². The highest BCUT2D eigenvalue weighted by Crippen LogP contribution is 2.08. The quantitative estimate of drug-likeness (QED) is 0.395. The summed E-state index contributed by atoms with van der Waals surface area (Å²) in [6, 6.07) is 5.93. The molecule has 0 aliphatic carbocycles. The molecule has 0 saturated carbocycles. The Balaban J connectivity index is 1.60. The van der Waals surface area contributed by atoms with Crippen molar-refractivity contribution in [2.24, 2.45) is 10.9 Å². The molecule has 0 aromatic carbocycles. The SMILES string of the molecule is CN=C(NCCCCCCC(C)C)NCCc1nnc2ccccn12. The van der Waals surface area contributed by atoms with Crippen molar-refractivity contribution < 1.29 is 0 Å². The summed E-state index contributed by atoms with van der Waals surface area (Å²) in [7, 11) is 1.81. The molecule has 2 N–H and O–H groups in total. The second kappa shape index (κ2) is 10.7. The van der Waals surface area contributed by atoms with Crippen molar-refractivity contribution in [3.63, 3.8) is 0 Å². The van der Waals surface area contributed by atoms with Gasteiger partial charge >= 0.3 is 0 Å². The minimum atomic E-state index is 0.781. The molecule has 2 aromatic rings. The molecule has 6 heteroatoms. The number of nitrogens with zero attached hydrogens (tertiary/aromatic N) is 4. The lowest BCUT2D eigenvalue weighted by atomic mass is 10.0. The molecule has 0 atom stereocenters. The van der Waals surface area contributed by atoms with Gasteiger partial charge in [0.15, 0.2) is 11.6 Å². The van der Waals surface area contributed by atoms with Crippen molar-refractivity contribution in [2.45, 2.75) is 52.4 Å². The predicted molar refractivity (Wildman–Crippen MR) is 104 cm³/mol. The van der Waals surface area contributed by atoms with E-state index in [1.807, 2.05) is 35.8 Å². The van der Waals surface area contributed by atoms with E-state index in [9.17, 15) is 0 Å². The van der Waals surface area contributed by atoms with Crippen LogP contribution < -0.4 is 10.6 Å². The van der Waals surface area contributed by atoms with Gasteiger partial charge in [-0.3, -0.25) is 9.39 Å². The summed E-state index contributed by atoms with van der Waals surface area (Å²) in [6.45, 7) is 6.33. The third-order valence-electron chi connectivity index (χ3n) is 4.25. The summed E-state index contributed by atoms with van der Waals surface area (Å²) in [5, 5.41) is 15.1. The molecule has 0 fully saturated rings. The highest BCUT2D eigenvalue weighted by atomic mass is 15.2. The summed E-state index contributed by atoms with van der Waals surface area (Å²) in [5.74, 6) is 2.64. The van der Waals surface area contributed by atoms with Crippen molar-refractivity contribution in [3.8, 4) is 0 Å². The number of nitrogens with one attached hydrogen (secondary N) is 2. The predicted octanol–water partition coefficient (Wildman–Crippen LogP) is 3.04. The number of unbranched alkanes of at least 4 members (excludes halogenated alkanes) is 3. The lowest BCUT2D eigenvalue weighted by molar-refractivity contribution is 0.518. The number of fused-ring (bicyclic) bond motifs is 1. The molecule has 0 amide bonds. The molecule has 0 radical (unpaired) electrons. The smallest absolute Gasteiger partial charge is 0.190 e. The van der Waals surface area contributed by atoms with Crippen LogP contribution in [0.4, 0.5) is 0 Å². The number of aromatic nitrogens is 3. The van der Waals surface area contributed by atoms with Gasteiger partial charge in [-0.25, -0.2) is 0 Å². The fourth-order valence-corrected chi connectivity index (χ4v) is 2.81. The Bertz CT molecular complexity index is 646. The van der Waals surface area contributed by atoms with Crippen LogP contribution >= 0.6 is 0 Å². The van der Waals surface area contributed by atoms with Crippen molar-refractivity contribution >= 4 is 11.6 Å². The second-order valence-corrected chi connectivity index (χ2v) is 6.82. The topological polar surface area (TPSA) is 66.6 Å². The first-order valence-electron chi connectivity index (χ1n) is 9.44. The molecule has 0 aliphatic rings. The maximum atomic E-state index is 4.28. The Morgan fingerprint density at radius 2 is 1.88 bits per heavy atom. The van der Waals surface area contributed by atoms with Crippen LogP contribution in [0.3, 0.4) is 0 Å². The number of pyridine rings is 1. The van der Waals surface area contributed by atoms with Crippen LogP contribution in [0.2, 0.25) is 0 Å². The van der Waals surface area contributed by atoms with Gasteiger partial charge in [0, 0.05) is 32.8 Å². The van der Waals surface area contributed by atoms with E-state index in [0.717, 1.165) is 42.9 Å². The first-order valence-corrected chi connectivity index (χ1v) is 9.44. The molecule has 0 bridgehead atoms. The van der Waals surface area contributed by atoms with Gasteiger partial charge in [-0.15, -0.1) is 10.2 Å². The van der Waals surface area contributed by atoms with Crippen molar-refractivity contribution in [1.29, 1.82) is 0 Å². The van der Waals surface area contributed by atoms with Crippen molar-refractivity contribution in [1.82, 2.24) is 25.2 Å². The van der Waals surface area contributed by atoms with Crippen LogP contribution in [0.5, 0.6) is 0 Å². The van der Waals surface area contributed by atoms with E-state index >= 15 is 0 Å². The molecular weight excluding hydrogens is 312 g/mol. The summed E-state index contributed by atoms with van der Waals surface area (Å²) < 4.78 is 2.02. The minimum Gasteiger partial charge on any atom is -0.356 e. The summed E-state index contributed by atoms with van der Waals surface area (Å²) in [4.78, 5) is 4.28. The summed E-state index contributed by atoms with van der Waals surface area (Å²) >= 11 is 0. The van der Waals surface area contributed by atoms with Crippen LogP contribution in [0, 0.1) is 5.92 Å². The number of hydrogen-bond acceptors (Lipinski definition) is 3. The lowest BCUT2D eigenvalue weighted by Crippen LogP contribution is -2.38. The van der Waals surface area contributed by atoms with E-state index < -0.39 is 0 Å². The molecule has 0 saturated heterocycles. The second-order valence-electron chi connectivity index (χ2n) is 6.82. The van der Waals surface area contributed by atoms with Gasteiger partial charge in [0.25, 0.3) is 0 Å². The molecule has 2 aromatic heterocycles. The molecule has 2 rings (SSSR count). The first kappa shape index (κ1) is 19.2. The van der Waals surface area contributed by atoms with Crippen LogP contribution in [0.15, 0.2) is 29.4 Å². The Morgan fingerprint density at radius 3 is 2.68 bits per heavy atom. The zero-order valence-electron chi connectivity index (χ0n) is 15.8. The lowest BCUT2D eigenvalue weighted by Gasteiger charge is -2.11. The number of aliphatic imine (C=N–C) groups is 1. The number of guanidine groups is 1. The Morgan fingerprint density at radius 1 is 1.08 bits per heavy atom. The first-order chi connectivity index (χ1) is 12.2. The monoisotopic (exact) mass is 344 g/mol. The largest absolute Gasteiger partial charge is 0.356 e. The van der Waals surface area contributed by atoms with Gasteiger partial charge in [0.1, 0.15) is 5.82 Å². The number of hydrogen-bond donors (Lipinski definition) is 2. The molecule has 0 spiro atoms. The maximum absolute atomic E-state index is 4.28. The van der Waals surface area contributed by atoms with Crippen molar-refractivity contribution in [3.05, 3.63) is 30.2 Å². The van der Waals surface area contributed by atoms with E-state index in [4.69, 9.17) is 0 Å². The molecule has 0 aliphatic heterocycles. The fourth-order valence-electron chi connectivity index (χ4n) is 2.81. The molecule has 138 valence electrons. The maximum Gasteiger partial charge on any atom is 0.190 e. The highest BCUT2D eigenvalue weighted by Gasteiger charge is 2.04.